The van der Waals surface area contributed by atoms with E-state index in [1.165, 1.54) is 0 Å². The van der Waals surface area contributed by atoms with Crippen LogP contribution in [0.25, 0.3) is 0 Å². The van der Waals surface area contributed by atoms with Gasteiger partial charge in [-0.05, 0) is 30.2 Å². The van der Waals surface area contributed by atoms with Gasteiger partial charge in [0.1, 0.15) is 5.75 Å². The lowest BCUT2D eigenvalue weighted by atomic mass is 10.2. The van der Waals surface area contributed by atoms with Gasteiger partial charge in [-0.3, -0.25) is 4.52 Å². The van der Waals surface area contributed by atoms with Crippen molar-refractivity contribution >= 4 is 51.4 Å². The van der Waals surface area contributed by atoms with Crippen molar-refractivity contribution in [1.29, 1.82) is 0 Å². The van der Waals surface area contributed by atoms with E-state index in [2.05, 4.69) is 26.8 Å². The summed E-state index contributed by atoms with van der Waals surface area (Å²) >= 11 is 11.9. The first kappa shape index (κ1) is 22.0. The minimum Gasteiger partial charge on any atom is -0.412 e. The second-order valence-corrected chi connectivity index (χ2v) is 12.4. The summed E-state index contributed by atoms with van der Waals surface area (Å²) in [7, 11) is 3.53. The Labute approximate surface area is 172 Å². The summed E-state index contributed by atoms with van der Waals surface area (Å²) in [4.78, 5) is 1.16. The van der Waals surface area contributed by atoms with E-state index in [9.17, 15) is 4.57 Å². The molecule has 0 saturated heterocycles. The lowest BCUT2D eigenvalue weighted by Gasteiger charge is -2.18. The lowest BCUT2D eigenvalue weighted by molar-refractivity contribution is 0.282. The fraction of sp³-hybridized carbons (Fsp3) is 0.333. The Kier molecular flexibility index (Phi) is 8.27. The summed E-state index contributed by atoms with van der Waals surface area (Å²) in [5.41, 5.74) is 1.11. The Morgan fingerprint density at radius 1 is 1.08 bits per heavy atom. The van der Waals surface area contributed by atoms with Gasteiger partial charge in [0, 0.05) is 20.9 Å². The zero-order chi connectivity index (χ0) is 19.2. The molecule has 1 unspecified atom stereocenters. The van der Waals surface area contributed by atoms with Crippen LogP contribution in [0.3, 0.4) is 0 Å². The van der Waals surface area contributed by atoms with Crippen LogP contribution in [0, 0.1) is 0 Å². The Morgan fingerprint density at radius 2 is 1.73 bits per heavy atom. The van der Waals surface area contributed by atoms with E-state index in [1.807, 2.05) is 18.2 Å². The Morgan fingerprint density at radius 3 is 2.42 bits per heavy atom. The smallest absolute Gasteiger partial charge is 0.412 e. The van der Waals surface area contributed by atoms with E-state index in [1.54, 1.807) is 45.9 Å². The molecule has 0 heterocycles. The van der Waals surface area contributed by atoms with Crippen molar-refractivity contribution in [1.82, 2.24) is 0 Å². The zero-order valence-electron chi connectivity index (χ0n) is 14.8. The van der Waals surface area contributed by atoms with Crippen LogP contribution in [-0.2, 0) is 15.5 Å². The normalized spacial score (nSPS) is 14.0. The minimum atomic E-state index is -3.76. The maximum absolute atomic E-state index is 12.3. The maximum Gasteiger partial charge on any atom is 0.476 e. The van der Waals surface area contributed by atoms with Crippen LogP contribution in [0.15, 0.2) is 53.4 Å². The zero-order valence-corrected chi connectivity index (χ0v) is 18.8. The molecule has 0 aliphatic rings. The molecule has 2 aromatic rings. The molecule has 0 saturated carbocycles. The van der Waals surface area contributed by atoms with E-state index in [0.29, 0.717) is 11.4 Å². The van der Waals surface area contributed by atoms with Crippen molar-refractivity contribution in [3.63, 3.8) is 0 Å². The molecule has 0 fully saturated rings. The number of hydrogen-bond acceptors (Lipinski definition) is 5. The van der Waals surface area contributed by atoms with Gasteiger partial charge in [-0.15, -0.1) is 0 Å². The molecule has 0 amide bonds. The average molecular weight is 451 g/mol. The molecule has 1 atom stereocenters. The first-order chi connectivity index (χ1) is 12.2. The summed E-state index contributed by atoms with van der Waals surface area (Å²) in [5.74, 6) is 0.241. The third-order valence-corrected chi connectivity index (χ3v) is 8.18. The third kappa shape index (κ3) is 7.75. The Bertz CT molecular complexity index is 781. The number of benzene rings is 2. The number of hydrogen-bond donors (Lipinski definition) is 0. The molecule has 2 aromatic carbocycles. The van der Waals surface area contributed by atoms with Crippen molar-refractivity contribution < 1.29 is 13.6 Å². The van der Waals surface area contributed by atoms with Crippen LogP contribution in [0.5, 0.6) is 5.75 Å². The molecule has 26 heavy (non-hydrogen) atoms. The SMILES string of the molecule is CC(C)(C)SSc1ccccc1CCOP(=O)(Cl)Oc1ccccc1Cl. The largest absolute Gasteiger partial charge is 0.476 e. The van der Waals surface area contributed by atoms with Crippen LogP contribution >= 0.6 is 51.4 Å². The lowest BCUT2D eigenvalue weighted by Crippen LogP contribution is -2.05. The van der Waals surface area contributed by atoms with E-state index in [0.717, 1.165) is 10.5 Å². The second kappa shape index (κ2) is 9.77. The predicted octanol–water partition coefficient (Wildman–Crippen LogP) is 7.86. The van der Waals surface area contributed by atoms with Crippen LogP contribution in [-0.4, -0.2) is 11.4 Å². The summed E-state index contributed by atoms with van der Waals surface area (Å²) in [5, 5.41) is 0.331. The van der Waals surface area contributed by atoms with E-state index < -0.39 is 6.95 Å². The van der Waals surface area contributed by atoms with E-state index in [4.69, 9.17) is 31.9 Å². The Balaban J connectivity index is 1.93. The molecular weight excluding hydrogens is 430 g/mol. The van der Waals surface area contributed by atoms with Crippen molar-refractivity contribution in [2.75, 3.05) is 6.61 Å². The molecule has 3 nitrogen and oxygen atoms in total. The van der Waals surface area contributed by atoms with E-state index in [-0.39, 0.29) is 17.1 Å². The minimum absolute atomic E-state index is 0.156. The summed E-state index contributed by atoms with van der Waals surface area (Å²) in [6.07, 6.45) is 0.580. The monoisotopic (exact) mass is 450 g/mol. The van der Waals surface area contributed by atoms with Gasteiger partial charge < -0.3 is 4.52 Å². The molecule has 0 aliphatic heterocycles. The predicted molar refractivity (Wildman–Crippen MR) is 115 cm³/mol. The summed E-state index contributed by atoms with van der Waals surface area (Å²) < 4.78 is 23.0. The molecule has 142 valence electrons. The molecule has 0 aliphatic carbocycles. The fourth-order valence-electron chi connectivity index (χ4n) is 1.89. The highest BCUT2D eigenvalue weighted by molar-refractivity contribution is 8.77. The van der Waals surface area contributed by atoms with Crippen LogP contribution in [0.4, 0.5) is 0 Å². The quantitative estimate of drug-likeness (QED) is 0.302. The first-order valence-electron chi connectivity index (χ1n) is 7.98. The fourth-order valence-corrected chi connectivity index (χ4v) is 5.56. The molecular formula is C18H21Cl2O3PS2. The van der Waals surface area contributed by atoms with Crippen LogP contribution < -0.4 is 4.52 Å². The van der Waals surface area contributed by atoms with Gasteiger partial charge in [0.2, 0.25) is 0 Å². The van der Waals surface area contributed by atoms with Gasteiger partial charge in [0.05, 0.1) is 11.6 Å². The highest BCUT2D eigenvalue weighted by atomic mass is 35.7. The van der Waals surface area contributed by atoms with Crippen molar-refractivity contribution in [2.45, 2.75) is 36.8 Å². The van der Waals surface area contributed by atoms with Gasteiger partial charge in [0.25, 0.3) is 0 Å². The molecule has 0 aromatic heterocycles. The van der Waals surface area contributed by atoms with E-state index >= 15 is 0 Å². The highest BCUT2D eigenvalue weighted by Gasteiger charge is 2.24. The number of rotatable bonds is 8. The van der Waals surface area contributed by atoms with Crippen molar-refractivity contribution in [2.24, 2.45) is 0 Å². The van der Waals surface area contributed by atoms with Gasteiger partial charge in [-0.25, -0.2) is 4.57 Å². The summed E-state index contributed by atoms with van der Waals surface area (Å²) in [6.45, 7) is 2.94. The number of para-hydroxylation sites is 1. The van der Waals surface area contributed by atoms with Gasteiger partial charge in [-0.2, -0.15) is 0 Å². The number of halogens is 2. The molecule has 0 N–H and O–H groups in total. The second-order valence-electron chi connectivity index (χ2n) is 6.42. The van der Waals surface area contributed by atoms with Gasteiger partial charge in [-0.1, -0.05) is 84.3 Å². The topological polar surface area (TPSA) is 35.5 Å². The van der Waals surface area contributed by atoms with Crippen molar-refractivity contribution in [3.8, 4) is 5.75 Å². The third-order valence-electron chi connectivity index (χ3n) is 3.01. The first-order valence-corrected chi connectivity index (χ1v) is 13.0. The van der Waals surface area contributed by atoms with Gasteiger partial charge in [0.15, 0.2) is 0 Å². The molecule has 2 rings (SSSR count). The molecule has 0 bridgehead atoms. The Hall–Kier alpha value is -0.290. The highest BCUT2D eigenvalue weighted by Crippen LogP contribution is 2.54. The van der Waals surface area contributed by atoms with Gasteiger partial charge >= 0.3 is 6.95 Å². The van der Waals surface area contributed by atoms with Crippen molar-refractivity contribution in [3.05, 3.63) is 59.1 Å². The maximum atomic E-state index is 12.3. The summed E-state index contributed by atoms with van der Waals surface area (Å²) in [6, 6.07) is 14.8. The molecule has 0 radical (unpaired) electrons. The van der Waals surface area contributed by atoms with Crippen LogP contribution in [0.2, 0.25) is 5.02 Å². The molecule has 0 spiro atoms. The standard InChI is InChI=1S/C18H21Cl2O3PS2/c1-18(2,3)26-25-17-11-7-4-8-14(17)12-13-22-24(20,21)23-16-10-6-5-9-15(16)19/h4-11H,12-13H2,1-3H3. The molecule has 8 heteroatoms. The van der Waals surface area contributed by atoms with Crippen LogP contribution in [0.1, 0.15) is 26.3 Å². The average Bonchev–Trinajstić information content (AvgIpc) is 2.55.